The van der Waals surface area contributed by atoms with E-state index < -0.39 is 5.41 Å². The molecule has 3 nitrogen and oxygen atoms in total. The molecule has 3 N–H and O–H groups in total. The number of nitrogens with two attached hydrogens (primary N) is 1. The second-order valence-electron chi connectivity index (χ2n) is 5.97. The fourth-order valence-electron chi connectivity index (χ4n) is 2.84. The maximum atomic E-state index is 12.5. The molecule has 1 amide bonds. The van der Waals surface area contributed by atoms with E-state index in [1.165, 1.54) is 32.1 Å². The zero-order chi connectivity index (χ0) is 16.1. The highest BCUT2D eigenvalue weighted by molar-refractivity contribution is 7.80. The Kier molecular flexibility index (Phi) is 11.6. The Morgan fingerprint density at radius 1 is 0.952 bits per heavy atom. The molecule has 0 atom stereocenters. The first-order valence-electron chi connectivity index (χ1n) is 8.63. The lowest BCUT2D eigenvalue weighted by molar-refractivity contribution is -0.128. The van der Waals surface area contributed by atoms with Gasteiger partial charge in [0.2, 0.25) is 5.91 Å². The minimum Gasteiger partial charge on any atom is -0.392 e. The Morgan fingerprint density at radius 3 is 1.95 bits per heavy atom. The smallest absolute Gasteiger partial charge is 0.233 e. The van der Waals surface area contributed by atoms with Crippen LogP contribution in [0.5, 0.6) is 0 Å². The molecular formula is C17H34N2OS. The average Bonchev–Trinajstić information content (AvgIpc) is 2.45. The van der Waals surface area contributed by atoms with Crippen LogP contribution in [-0.4, -0.2) is 17.4 Å². The van der Waals surface area contributed by atoms with Gasteiger partial charge in [0.05, 0.1) is 10.4 Å². The quantitative estimate of drug-likeness (QED) is 0.393. The predicted molar refractivity (Wildman–Crippen MR) is 95.4 cm³/mol. The number of hydrogen-bond donors (Lipinski definition) is 2. The normalized spacial score (nSPS) is 11.4. The predicted octanol–water partition coefficient (Wildman–Crippen LogP) is 4.34. The van der Waals surface area contributed by atoms with Gasteiger partial charge in [-0.2, -0.15) is 0 Å². The molecule has 0 aromatic rings. The molecule has 0 spiro atoms. The third kappa shape index (κ3) is 7.25. The largest absolute Gasteiger partial charge is 0.392 e. The van der Waals surface area contributed by atoms with Crippen LogP contribution in [0.25, 0.3) is 0 Å². The van der Waals surface area contributed by atoms with Crippen molar-refractivity contribution in [1.82, 2.24) is 5.32 Å². The zero-order valence-corrected chi connectivity index (χ0v) is 15.0. The van der Waals surface area contributed by atoms with E-state index in [0.29, 0.717) is 4.99 Å². The Morgan fingerprint density at radius 2 is 1.48 bits per heavy atom. The lowest BCUT2D eigenvalue weighted by Gasteiger charge is -2.31. The van der Waals surface area contributed by atoms with E-state index in [0.717, 1.165) is 38.6 Å². The van der Waals surface area contributed by atoms with Crippen LogP contribution < -0.4 is 11.1 Å². The average molecular weight is 315 g/mol. The van der Waals surface area contributed by atoms with Gasteiger partial charge in [0, 0.05) is 6.54 Å². The summed E-state index contributed by atoms with van der Waals surface area (Å²) in [5.41, 5.74) is 5.26. The van der Waals surface area contributed by atoms with Crippen molar-refractivity contribution in [2.24, 2.45) is 11.1 Å². The second-order valence-corrected chi connectivity index (χ2v) is 6.41. The van der Waals surface area contributed by atoms with Gasteiger partial charge in [-0.1, -0.05) is 77.9 Å². The third-order valence-corrected chi connectivity index (χ3v) is 4.47. The molecule has 0 aliphatic carbocycles. The third-order valence-electron chi connectivity index (χ3n) is 4.08. The molecule has 0 aromatic heterocycles. The molecule has 0 bridgehead atoms. The van der Waals surface area contributed by atoms with Crippen molar-refractivity contribution >= 4 is 23.1 Å². The van der Waals surface area contributed by atoms with Gasteiger partial charge in [-0.15, -0.1) is 0 Å². The monoisotopic (exact) mass is 314 g/mol. The van der Waals surface area contributed by atoms with E-state index in [1.807, 2.05) is 0 Å². The highest BCUT2D eigenvalue weighted by Gasteiger charge is 2.39. The summed E-state index contributed by atoms with van der Waals surface area (Å²) in [6, 6.07) is 0. The summed E-state index contributed by atoms with van der Waals surface area (Å²) in [4.78, 5) is 12.9. The van der Waals surface area contributed by atoms with E-state index in [9.17, 15) is 4.79 Å². The number of amides is 1. The highest BCUT2D eigenvalue weighted by atomic mass is 32.1. The minimum absolute atomic E-state index is 0.0345. The van der Waals surface area contributed by atoms with Crippen molar-refractivity contribution in [1.29, 1.82) is 0 Å². The van der Waals surface area contributed by atoms with Crippen LogP contribution in [0.2, 0.25) is 0 Å². The van der Waals surface area contributed by atoms with Crippen LogP contribution in [0.4, 0.5) is 0 Å². The molecule has 21 heavy (non-hydrogen) atoms. The van der Waals surface area contributed by atoms with Gasteiger partial charge in [0.15, 0.2) is 0 Å². The molecule has 0 aromatic carbocycles. The summed E-state index contributed by atoms with van der Waals surface area (Å²) in [7, 11) is 0. The number of thiocarbonyl (C=S) groups is 1. The van der Waals surface area contributed by atoms with Crippen LogP contribution in [0.3, 0.4) is 0 Å². The number of nitrogens with one attached hydrogen (secondary N) is 1. The molecule has 0 aliphatic heterocycles. The van der Waals surface area contributed by atoms with Crippen LogP contribution in [0, 0.1) is 5.41 Å². The van der Waals surface area contributed by atoms with Crippen molar-refractivity contribution < 1.29 is 4.79 Å². The summed E-state index contributed by atoms with van der Waals surface area (Å²) in [6.07, 6.45) is 10.7. The molecule has 0 radical (unpaired) electrons. The van der Waals surface area contributed by atoms with Crippen LogP contribution in [-0.2, 0) is 4.79 Å². The Bertz CT molecular complexity index is 299. The molecule has 0 saturated carbocycles. The van der Waals surface area contributed by atoms with Gasteiger partial charge in [0.25, 0.3) is 0 Å². The first-order valence-corrected chi connectivity index (χ1v) is 9.04. The Balaban J connectivity index is 4.26. The van der Waals surface area contributed by atoms with Crippen molar-refractivity contribution in [2.75, 3.05) is 6.54 Å². The SMILES string of the molecule is CCCCCCCCNC(=O)C(CCC)(CCC)C(N)=S. The van der Waals surface area contributed by atoms with Gasteiger partial charge in [-0.05, 0) is 19.3 Å². The molecule has 0 rings (SSSR count). The summed E-state index contributed by atoms with van der Waals surface area (Å²) in [6.45, 7) is 7.10. The van der Waals surface area contributed by atoms with Crippen molar-refractivity contribution in [3.8, 4) is 0 Å². The maximum Gasteiger partial charge on any atom is 0.233 e. The minimum atomic E-state index is -0.638. The molecule has 0 fully saturated rings. The van der Waals surface area contributed by atoms with Gasteiger partial charge in [-0.25, -0.2) is 0 Å². The molecule has 124 valence electrons. The van der Waals surface area contributed by atoms with E-state index in [1.54, 1.807) is 0 Å². The fraction of sp³-hybridized carbons (Fsp3) is 0.882. The zero-order valence-electron chi connectivity index (χ0n) is 14.2. The standard InChI is InChI=1S/C17H34N2OS/c1-4-7-8-9-10-11-14-19-16(20)17(12-5-2,13-6-3)15(18)21/h4-14H2,1-3H3,(H2,18,21)(H,19,20). The number of hydrogen-bond acceptors (Lipinski definition) is 2. The Labute approximate surface area is 136 Å². The highest BCUT2D eigenvalue weighted by Crippen LogP contribution is 2.30. The fourth-order valence-corrected chi connectivity index (χ4v) is 3.14. The molecule has 0 heterocycles. The van der Waals surface area contributed by atoms with E-state index in [4.69, 9.17) is 18.0 Å². The van der Waals surface area contributed by atoms with Crippen LogP contribution in [0.1, 0.15) is 85.0 Å². The number of carbonyl (C=O) groups is 1. The summed E-state index contributed by atoms with van der Waals surface area (Å²) in [5.74, 6) is 0.0345. The van der Waals surface area contributed by atoms with E-state index in [2.05, 4.69) is 26.1 Å². The van der Waals surface area contributed by atoms with Gasteiger partial charge in [-0.3, -0.25) is 4.79 Å². The van der Waals surface area contributed by atoms with E-state index >= 15 is 0 Å². The van der Waals surface area contributed by atoms with Gasteiger partial charge in [0.1, 0.15) is 0 Å². The number of rotatable bonds is 13. The summed E-state index contributed by atoms with van der Waals surface area (Å²) in [5, 5.41) is 3.06. The van der Waals surface area contributed by atoms with Crippen molar-refractivity contribution in [3.05, 3.63) is 0 Å². The molecule has 0 aliphatic rings. The Hall–Kier alpha value is -0.640. The van der Waals surface area contributed by atoms with Crippen molar-refractivity contribution in [3.63, 3.8) is 0 Å². The molecule has 4 heteroatoms. The number of carbonyl (C=O) groups excluding carboxylic acids is 1. The summed E-state index contributed by atoms with van der Waals surface area (Å²) < 4.78 is 0. The summed E-state index contributed by atoms with van der Waals surface area (Å²) >= 11 is 5.20. The van der Waals surface area contributed by atoms with Crippen molar-refractivity contribution in [2.45, 2.75) is 85.0 Å². The number of unbranched alkanes of at least 4 members (excludes halogenated alkanes) is 5. The van der Waals surface area contributed by atoms with Crippen LogP contribution >= 0.6 is 12.2 Å². The molecular weight excluding hydrogens is 280 g/mol. The van der Waals surface area contributed by atoms with E-state index in [-0.39, 0.29) is 5.91 Å². The lowest BCUT2D eigenvalue weighted by atomic mass is 9.78. The molecule has 0 unspecified atom stereocenters. The lowest BCUT2D eigenvalue weighted by Crippen LogP contribution is -2.49. The second kappa shape index (κ2) is 12.0. The van der Waals surface area contributed by atoms with Gasteiger partial charge < -0.3 is 11.1 Å². The van der Waals surface area contributed by atoms with Gasteiger partial charge >= 0.3 is 0 Å². The first-order chi connectivity index (χ1) is 10.0. The topological polar surface area (TPSA) is 55.1 Å². The first kappa shape index (κ1) is 20.4. The maximum absolute atomic E-state index is 12.5. The van der Waals surface area contributed by atoms with Crippen LogP contribution in [0.15, 0.2) is 0 Å². The molecule has 0 saturated heterocycles.